The first-order valence-electron chi connectivity index (χ1n) is 5.46. The van der Waals surface area contributed by atoms with Crippen LogP contribution in [0.15, 0.2) is 12.3 Å². The first-order chi connectivity index (χ1) is 6.63. The Bertz CT molecular complexity index is 182. The molecule has 0 amide bonds. The smallest absolute Gasteiger partial charge is 0.242 e. The van der Waals surface area contributed by atoms with E-state index in [1.165, 1.54) is 0 Å². The van der Waals surface area contributed by atoms with Crippen molar-refractivity contribution < 1.29 is 4.92 Å². The Labute approximate surface area is 86.4 Å². The molecule has 0 N–H and O–H groups in total. The zero-order valence-electron chi connectivity index (χ0n) is 9.29. The van der Waals surface area contributed by atoms with Gasteiger partial charge in [0.05, 0.1) is 4.92 Å². The fourth-order valence-electron chi connectivity index (χ4n) is 1.53. The van der Waals surface area contributed by atoms with E-state index in [1.807, 2.05) is 0 Å². The second-order valence-electron chi connectivity index (χ2n) is 3.73. The summed E-state index contributed by atoms with van der Waals surface area (Å²) in [4.78, 5) is 10.2. The SMILES string of the molecule is C=C(C(CCCC)CCCC)[N+](=O)[O-]. The van der Waals surface area contributed by atoms with Gasteiger partial charge in [0.1, 0.15) is 0 Å². The van der Waals surface area contributed by atoms with Gasteiger partial charge in [-0.1, -0.05) is 39.5 Å². The third kappa shape index (κ3) is 5.00. The maximum absolute atomic E-state index is 10.6. The number of hydrogen-bond donors (Lipinski definition) is 0. The predicted octanol–water partition coefficient (Wildman–Crippen LogP) is 3.77. The number of nitro groups is 1. The Morgan fingerprint density at radius 1 is 1.29 bits per heavy atom. The predicted molar refractivity (Wildman–Crippen MR) is 58.7 cm³/mol. The molecule has 82 valence electrons. The fraction of sp³-hybridized carbons (Fsp3) is 0.818. The van der Waals surface area contributed by atoms with Gasteiger partial charge in [0.15, 0.2) is 0 Å². The maximum Gasteiger partial charge on any atom is 0.242 e. The molecule has 0 aromatic heterocycles. The maximum atomic E-state index is 10.6. The van der Waals surface area contributed by atoms with Gasteiger partial charge in [-0.2, -0.15) is 0 Å². The summed E-state index contributed by atoms with van der Waals surface area (Å²) in [6.45, 7) is 7.77. The lowest BCUT2D eigenvalue weighted by molar-refractivity contribution is -0.433. The second-order valence-corrected chi connectivity index (χ2v) is 3.73. The average molecular weight is 199 g/mol. The van der Waals surface area contributed by atoms with Crippen molar-refractivity contribution in [3.8, 4) is 0 Å². The lowest BCUT2D eigenvalue weighted by Gasteiger charge is -2.12. The number of nitrogens with zero attached hydrogens (tertiary/aromatic N) is 1. The number of rotatable bonds is 8. The van der Waals surface area contributed by atoms with Crippen LogP contribution in [0.2, 0.25) is 0 Å². The summed E-state index contributed by atoms with van der Waals surface area (Å²) in [6.07, 6.45) is 6.12. The van der Waals surface area contributed by atoms with E-state index in [9.17, 15) is 10.1 Å². The van der Waals surface area contributed by atoms with Gasteiger partial charge in [0.25, 0.3) is 0 Å². The first kappa shape index (κ1) is 13.1. The molecule has 0 unspecified atom stereocenters. The van der Waals surface area contributed by atoms with Gasteiger partial charge >= 0.3 is 0 Å². The largest absolute Gasteiger partial charge is 0.259 e. The molecule has 3 heteroatoms. The molecule has 0 spiro atoms. The van der Waals surface area contributed by atoms with E-state index in [1.54, 1.807) is 0 Å². The molecule has 0 atom stereocenters. The normalized spacial score (nSPS) is 10.5. The summed E-state index contributed by atoms with van der Waals surface area (Å²) < 4.78 is 0. The molecule has 3 nitrogen and oxygen atoms in total. The molecule has 0 saturated heterocycles. The van der Waals surface area contributed by atoms with Gasteiger partial charge in [-0.25, -0.2) is 0 Å². The Hall–Kier alpha value is -0.860. The van der Waals surface area contributed by atoms with Crippen molar-refractivity contribution >= 4 is 0 Å². The van der Waals surface area contributed by atoms with Crippen LogP contribution in [0.1, 0.15) is 52.4 Å². The van der Waals surface area contributed by atoms with E-state index in [2.05, 4.69) is 20.4 Å². The second kappa shape index (κ2) is 7.54. The molecular weight excluding hydrogens is 178 g/mol. The molecule has 14 heavy (non-hydrogen) atoms. The van der Waals surface area contributed by atoms with Crippen molar-refractivity contribution in [2.24, 2.45) is 5.92 Å². The van der Waals surface area contributed by atoms with Gasteiger partial charge in [-0.05, 0) is 19.4 Å². The molecule has 0 fully saturated rings. The molecule has 0 aliphatic heterocycles. The van der Waals surface area contributed by atoms with Gasteiger partial charge < -0.3 is 0 Å². The van der Waals surface area contributed by atoms with Crippen molar-refractivity contribution in [1.82, 2.24) is 0 Å². The number of unbranched alkanes of at least 4 members (excludes halogenated alkanes) is 2. The molecule has 0 radical (unpaired) electrons. The van der Waals surface area contributed by atoms with Crippen LogP contribution in [0, 0.1) is 16.0 Å². The molecule has 0 aliphatic rings. The fourth-order valence-corrected chi connectivity index (χ4v) is 1.53. The molecule has 0 aromatic rings. The van der Waals surface area contributed by atoms with Crippen molar-refractivity contribution in [3.05, 3.63) is 22.4 Å². The highest BCUT2D eigenvalue weighted by atomic mass is 16.6. The van der Waals surface area contributed by atoms with Gasteiger partial charge in [-0.3, -0.25) is 10.1 Å². The summed E-state index contributed by atoms with van der Waals surface area (Å²) in [7, 11) is 0. The zero-order valence-corrected chi connectivity index (χ0v) is 9.29. The molecule has 0 aromatic carbocycles. The van der Waals surface area contributed by atoms with Crippen LogP contribution in [0.3, 0.4) is 0 Å². The van der Waals surface area contributed by atoms with Crippen LogP contribution in [-0.4, -0.2) is 4.92 Å². The first-order valence-corrected chi connectivity index (χ1v) is 5.46. The van der Waals surface area contributed by atoms with Crippen LogP contribution in [0.5, 0.6) is 0 Å². The summed E-state index contributed by atoms with van der Waals surface area (Å²) in [6, 6.07) is 0. The quantitative estimate of drug-likeness (QED) is 0.441. The highest BCUT2D eigenvalue weighted by molar-refractivity contribution is 4.89. The van der Waals surface area contributed by atoms with E-state index >= 15 is 0 Å². The highest BCUT2D eigenvalue weighted by Crippen LogP contribution is 2.23. The van der Waals surface area contributed by atoms with Gasteiger partial charge in [-0.15, -0.1) is 0 Å². The lowest BCUT2D eigenvalue weighted by Crippen LogP contribution is -2.11. The van der Waals surface area contributed by atoms with Crippen LogP contribution >= 0.6 is 0 Å². The van der Waals surface area contributed by atoms with Crippen LogP contribution in [-0.2, 0) is 0 Å². The molecule has 0 heterocycles. The number of allylic oxidation sites excluding steroid dienone is 1. The Morgan fingerprint density at radius 3 is 2.00 bits per heavy atom. The van der Waals surface area contributed by atoms with E-state index < -0.39 is 0 Å². The Kier molecular flexibility index (Phi) is 7.07. The molecular formula is C11H21NO2. The third-order valence-corrected chi connectivity index (χ3v) is 2.52. The van der Waals surface area contributed by atoms with E-state index in [4.69, 9.17) is 0 Å². The topological polar surface area (TPSA) is 43.1 Å². The minimum atomic E-state index is -0.323. The minimum Gasteiger partial charge on any atom is -0.259 e. The van der Waals surface area contributed by atoms with Crippen molar-refractivity contribution in [2.45, 2.75) is 52.4 Å². The van der Waals surface area contributed by atoms with Crippen molar-refractivity contribution in [2.75, 3.05) is 0 Å². The molecule has 0 saturated carbocycles. The summed E-state index contributed by atoms with van der Waals surface area (Å²) >= 11 is 0. The Morgan fingerprint density at radius 2 is 1.71 bits per heavy atom. The van der Waals surface area contributed by atoms with Crippen molar-refractivity contribution in [1.29, 1.82) is 0 Å². The molecule has 0 aliphatic carbocycles. The summed E-state index contributed by atoms with van der Waals surface area (Å²) in [5, 5.41) is 10.6. The van der Waals surface area contributed by atoms with E-state index in [-0.39, 0.29) is 16.5 Å². The third-order valence-electron chi connectivity index (χ3n) is 2.52. The van der Waals surface area contributed by atoms with Gasteiger partial charge in [0.2, 0.25) is 5.70 Å². The number of hydrogen-bond acceptors (Lipinski definition) is 2. The molecule has 0 bridgehead atoms. The zero-order chi connectivity index (χ0) is 11.0. The van der Waals surface area contributed by atoms with Crippen molar-refractivity contribution in [3.63, 3.8) is 0 Å². The average Bonchev–Trinajstić information content (AvgIpc) is 2.17. The summed E-state index contributed by atoms with van der Waals surface area (Å²) in [5.41, 5.74) is 0.201. The Balaban J connectivity index is 4.08. The van der Waals surface area contributed by atoms with Crippen LogP contribution in [0.4, 0.5) is 0 Å². The van der Waals surface area contributed by atoms with E-state index in [0.29, 0.717) is 0 Å². The summed E-state index contributed by atoms with van der Waals surface area (Å²) in [5.74, 6) is 0.0879. The highest BCUT2D eigenvalue weighted by Gasteiger charge is 2.20. The lowest BCUT2D eigenvalue weighted by atomic mass is 9.94. The van der Waals surface area contributed by atoms with Gasteiger partial charge in [0, 0.05) is 5.92 Å². The monoisotopic (exact) mass is 199 g/mol. The minimum absolute atomic E-state index is 0.0879. The van der Waals surface area contributed by atoms with Crippen LogP contribution in [0.25, 0.3) is 0 Å². The van der Waals surface area contributed by atoms with E-state index in [0.717, 1.165) is 38.5 Å². The standard InChI is InChI=1S/C11H21NO2/c1-4-6-8-11(9-7-5-2)10(3)12(13)14/h11H,3-9H2,1-2H3. The van der Waals surface area contributed by atoms with Crippen LogP contribution < -0.4 is 0 Å². The molecule has 0 rings (SSSR count).